The molecule has 5 nitrogen and oxygen atoms in total. The minimum atomic E-state index is -3.64. The number of H-pyrrole nitrogens is 1. The van der Waals surface area contributed by atoms with Gasteiger partial charge < -0.3 is 4.98 Å². The Hall–Kier alpha value is -2.44. The largest absolute Gasteiger partial charge is 0.358 e. The quantitative estimate of drug-likeness (QED) is 0.699. The Bertz CT molecular complexity index is 1000. The van der Waals surface area contributed by atoms with Crippen molar-refractivity contribution in [1.82, 2.24) is 9.71 Å². The van der Waals surface area contributed by atoms with E-state index >= 15 is 0 Å². The molecule has 3 aromatic rings. The lowest BCUT2D eigenvalue weighted by Crippen LogP contribution is -2.23. The zero-order valence-electron chi connectivity index (χ0n) is 13.5. The highest BCUT2D eigenvalue weighted by molar-refractivity contribution is 7.89. The molecule has 6 heteroatoms. The topological polar surface area (TPSA) is 79.0 Å². The second-order valence-corrected chi connectivity index (χ2v) is 7.45. The third-order valence-corrected chi connectivity index (χ3v) is 5.45. The number of sulfonamides is 1. The van der Waals surface area contributed by atoms with Crippen LogP contribution in [0.2, 0.25) is 0 Å². The van der Waals surface area contributed by atoms with E-state index in [9.17, 15) is 13.2 Å². The molecule has 0 aliphatic rings. The molecule has 0 aliphatic heterocycles. The Kier molecular flexibility index (Phi) is 4.26. The van der Waals surface area contributed by atoms with Crippen molar-refractivity contribution in [2.45, 2.75) is 25.3 Å². The summed E-state index contributed by atoms with van der Waals surface area (Å²) in [6, 6.07) is 13.7. The van der Waals surface area contributed by atoms with E-state index in [0.29, 0.717) is 5.56 Å². The normalized spacial score (nSPS) is 11.8. The number of rotatable bonds is 5. The van der Waals surface area contributed by atoms with Crippen LogP contribution in [0.1, 0.15) is 28.5 Å². The van der Waals surface area contributed by atoms with Gasteiger partial charge in [-0.1, -0.05) is 30.3 Å². The third kappa shape index (κ3) is 3.11. The van der Waals surface area contributed by atoms with Gasteiger partial charge in [-0.15, -0.1) is 0 Å². The van der Waals surface area contributed by atoms with Crippen molar-refractivity contribution < 1.29 is 13.2 Å². The minimum absolute atomic E-state index is 0.0960. The number of aryl methyl sites for hydroxylation is 1. The maximum Gasteiger partial charge on any atom is 0.240 e. The van der Waals surface area contributed by atoms with E-state index in [4.69, 9.17) is 0 Å². The first-order chi connectivity index (χ1) is 11.4. The fourth-order valence-electron chi connectivity index (χ4n) is 2.68. The Morgan fingerprint density at radius 1 is 1.08 bits per heavy atom. The maximum atomic E-state index is 12.4. The second kappa shape index (κ2) is 6.22. The van der Waals surface area contributed by atoms with Crippen LogP contribution < -0.4 is 4.72 Å². The van der Waals surface area contributed by atoms with Crippen LogP contribution in [0.15, 0.2) is 53.4 Å². The monoisotopic (exact) mass is 342 g/mol. The van der Waals surface area contributed by atoms with Gasteiger partial charge in [0.25, 0.3) is 0 Å². The van der Waals surface area contributed by atoms with Crippen molar-refractivity contribution in [3.8, 4) is 0 Å². The fourth-order valence-corrected chi connectivity index (χ4v) is 3.68. The highest BCUT2D eigenvalue weighted by atomic mass is 32.2. The average molecular weight is 342 g/mol. The molecule has 2 aromatic carbocycles. The van der Waals surface area contributed by atoms with Gasteiger partial charge in [0.05, 0.1) is 4.90 Å². The highest BCUT2D eigenvalue weighted by Gasteiger charge is 2.16. The highest BCUT2D eigenvalue weighted by Crippen LogP contribution is 2.22. The SMILES string of the molecule is CC(=O)c1ccc(S(=O)(=O)NCc2c(C)[nH]c3ccccc23)cc1. The van der Waals surface area contributed by atoms with Gasteiger partial charge in [-0.2, -0.15) is 0 Å². The number of para-hydroxylation sites is 1. The summed E-state index contributed by atoms with van der Waals surface area (Å²) in [6.45, 7) is 3.57. The van der Waals surface area contributed by atoms with Crippen LogP contribution in [0.25, 0.3) is 10.9 Å². The predicted octanol–water partition coefficient (Wildman–Crippen LogP) is 3.16. The van der Waals surface area contributed by atoms with E-state index in [-0.39, 0.29) is 17.2 Å². The van der Waals surface area contributed by atoms with Gasteiger partial charge >= 0.3 is 0 Å². The summed E-state index contributed by atoms with van der Waals surface area (Å²) >= 11 is 0. The van der Waals surface area contributed by atoms with E-state index in [1.165, 1.54) is 31.2 Å². The molecule has 1 heterocycles. The lowest BCUT2D eigenvalue weighted by atomic mass is 10.1. The number of carbonyl (C=O) groups excluding carboxylic acids is 1. The van der Waals surface area contributed by atoms with Gasteiger partial charge in [-0.05, 0) is 37.6 Å². The average Bonchev–Trinajstić information content (AvgIpc) is 2.88. The molecule has 0 saturated carbocycles. The van der Waals surface area contributed by atoms with Crippen molar-refractivity contribution in [2.24, 2.45) is 0 Å². The van der Waals surface area contributed by atoms with Crippen LogP contribution in [-0.4, -0.2) is 19.2 Å². The van der Waals surface area contributed by atoms with Gasteiger partial charge in [0.1, 0.15) is 0 Å². The van der Waals surface area contributed by atoms with E-state index in [1.807, 2.05) is 31.2 Å². The zero-order valence-corrected chi connectivity index (χ0v) is 14.3. The van der Waals surface area contributed by atoms with E-state index in [0.717, 1.165) is 22.2 Å². The van der Waals surface area contributed by atoms with Crippen molar-refractivity contribution in [3.05, 3.63) is 65.4 Å². The number of aromatic nitrogens is 1. The molecular formula is C18H18N2O3S. The number of aromatic amines is 1. The molecule has 0 unspecified atom stereocenters. The second-order valence-electron chi connectivity index (χ2n) is 5.68. The summed E-state index contributed by atoms with van der Waals surface area (Å²) < 4.78 is 27.5. The smallest absolute Gasteiger partial charge is 0.240 e. The number of nitrogens with one attached hydrogen (secondary N) is 2. The molecule has 1 aromatic heterocycles. The van der Waals surface area contributed by atoms with Gasteiger partial charge in [0, 0.05) is 28.7 Å². The van der Waals surface area contributed by atoms with Crippen molar-refractivity contribution in [2.75, 3.05) is 0 Å². The number of fused-ring (bicyclic) bond motifs is 1. The lowest BCUT2D eigenvalue weighted by molar-refractivity contribution is 0.101. The van der Waals surface area contributed by atoms with Crippen molar-refractivity contribution in [3.63, 3.8) is 0 Å². The number of Topliss-reactive ketones (excluding diaryl/α,β-unsaturated/α-hetero) is 1. The summed E-state index contributed by atoms with van der Waals surface area (Å²) in [6.07, 6.45) is 0. The van der Waals surface area contributed by atoms with Gasteiger partial charge in [0.2, 0.25) is 10.0 Å². The molecule has 0 spiro atoms. The molecular weight excluding hydrogens is 324 g/mol. The molecule has 0 amide bonds. The Morgan fingerprint density at radius 2 is 1.75 bits per heavy atom. The molecule has 0 fully saturated rings. The molecule has 24 heavy (non-hydrogen) atoms. The summed E-state index contributed by atoms with van der Waals surface area (Å²) in [4.78, 5) is 14.7. The van der Waals surface area contributed by atoms with Gasteiger partial charge in [-0.25, -0.2) is 13.1 Å². The molecule has 2 N–H and O–H groups in total. The van der Waals surface area contributed by atoms with Gasteiger partial charge in [0.15, 0.2) is 5.78 Å². The molecule has 3 rings (SSSR count). The van der Waals surface area contributed by atoms with Crippen LogP contribution in [0, 0.1) is 6.92 Å². The summed E-state index contributed by atoms with van der Waals surface area (Å²) in [7, 11) is -3.64. The van der Waals surface area contributed by atoms with Crippen molar-refractivity contribution >= 4 is 26.7 Å². The van der Waals surface area contributed by atoms with Crippen molar-refractivity contribution in [1.29, 1.82) is 0 Å². The maximum absolute atomic E-state index is 12.4. The van der Waals surface area contributed by atoms with Crippen LogP contribution >= 0.6 is 0 Å². The van der Waals surface area contributed by atoms with Crippen LogP contribution in [-0.2, 0) is 16.6 Å². The molecule has 0 aliphatic carbocycles. The number of hydrogen-bond donors (Lipinski definition) is 2. The van der Waals surface area contributed by atoms with Crippen LogP contribution in [0.3, 0.4) is 0 Å². The zero-order chi connectivity index (χ0) is 17.3. The summed E-state index contributed by atoms with van der Waals surface area (Å²) in [5.74, 6) is -0.0960. The molecule has 0 atom stereocenters. The molecule has 0 radical (unpaired) electrons. The number of ketones is 1. The Morgan fingerprint density at radius 3 is 2.42 bits per heavy atom. The summed E-state index contributed by atoms with van der Waals surface area (Å²) in [5, 5.41) is 1.00. The predicted molar refractivity (Wildman–Crippen MR) is 93.5 cm³/mol. The third-order valence-electron chi connectivity index (χ3n) is 4.04. The number of hydrogen-bond acceptors (Lipinski definition) is 3. The fraction of sp³-hybridized carbons (Fsp3) is 0.167. The first kappa shape index (κ1) is 16.4. The molecule has 0 bridgehead atoms. The Labute approximate surface area is 140 Å². The van der Waals surface area contributed by atoms with E-state index in [2.05, 4.69) is 9.71 Å². The van der Waals surface area contributed by atoms with E-state index < -0.39 is 10.0 Å². The minimum Gasteiger partial charge on any atom is -0.358 e. The van der Waals surface area contributed by atoms with Gasteiger partial charge in [-0.3, -0.25) is 4.79 Å². The Balaban J connectivity index is 1.84. The van der Waals surface area contributed by atoms with Crippen LogP contribution in [0.5, 0.6) is 0 Å². The first-order valence-corrected chi connectivity index (χ1v) is 9.03. The molecule has 0 saturated heterocycles. The lowest BCUT2D eigenvalue weighted by Gasteiger charge is -2.08. The summed E-state index contributed by atoms with van der Waals surface area (Å²) in [5.41, 5.74) is 3.33. The molecule has 124 valence electrons. The number of carbonyl (C=O) groups is 1. The van der Waals surface area contributed by atoms with Crippen LogP contribution in [0.4, 0.5) is 0 Å². The first-order valence-electron chi connectivity index (χ1n) is 7.55. The van der Waals surface area contributed by atoms with E-state index in [1.54, 1.807) is 0 Å². The standard InChI is InChI=1S/C18H18N2O3S/c1-12-17(16-5-3-4-6-18(16)20-12)11-19-24(22,23)15-9-7-14(8-10-15)13(2)21/h3-10,19-20H,11H2,1-2H3. The number of benzene rings is 2.